The van der Waals surface area contributed by atoms with E-state index in [1.165, 1.54) is 44.2 Å². The quantitative estimate of drug-likeness (QED) is 0.175. The SMILES string of the molecule is C1=C(c2ccc3c(c2)c2ccccc2n3-c2ccccc2)C=C(c2nc3ccc(-c4nc(-c5ccccc5)nc(-c5ccccc5)n4)cc3s2)CC1. The van der Waals surface area contributed by atoms with E-state index in [1.54, 1.807) is 11.3 Å². The summed E-state index contributed by atoms with van der Waals surface area (Å²) in [5.74, 6) is 1.96. The molecule has 246 valence electrons. The van der Waals surface area contributed by atoms with E-state index in [2.05, 4.69) is 108 Å². The summed E-state index contributed by atoms with van der Waals surface area (Å²) in [6, 6.07) is 52.7. The molecule has 1 aliphatic carbocycles. The zero-order chi connectivity index (χ0) is 34.4. The normalized spacial score (nSPS) is 13.1. The molecule has 5 nitrogen and oxygen atoms in total. The maximum absolute atomic E-state index is 5.12. The molecule has 0 aliphatic heterocycles. The van der Waals surface area contributed by atoms with Gasteiger partial charge in [0.15, 0.2) is 17.5 Å². The van der Waals surface area contributed by atoms with Gasteiger partial charge in [-0.3, -0.25) is 0 Å². The number of aromatic nitrogens is 5. The first kappa shape index (κ1) is 30.3. The highest BCUT2D eigenvalue weighted by atomic mass is 32.1. The molecule has 0 radical (unpaired) electrons. The van der Waals surface area contributed by atoms with Crippen LogP contribution in [0.4, 0.5) is 0 Å². The lowest BCUT2D eigenvalue weighted by Crippen LogP contribution is -1.99. The Morgan fingerprint density at radius 3 is 1.85 bits per heavy atom. The first-order valence-corrected chi connectivity index (χ1v) is 18.3. The molecule has 0 atom stereocenters. The largest absolute Gasteiger partial charge is 0.309 e. The summed E-state index contributed by atoms with van der Waals surface area (Å²) in [6.07, 6.45) is 6.63. The van der Waals surface area contributed by atoms with E-state index in [1.807, 2.05) is 60.7 Å². The Kier molecular flexibility index (Phi) is 7.40. The van der Waals surface area contributed by atoms with E-state index in [0.29, 0.717) is 17.5 Å². The standard InChI is InChI=1S/C46H31N5S/c1-4-13-30(14-5-1)43-48-44(31-15-6-2-7-16-31)50-45(49-43)34-23-25-39-42(29-34)52-46(47-39)35-18-12-17-32(27-35)33-24-26-41-38(28-33)37-21-10-11-22-40(37)51(41)36-19-8-3-9-20-36/h1-11,13-17,19-29H,12,18H2. The van der Waals surface area contributed by atoms with Crippen LogP contribution in [0.3, 0.4) is 0 Å². The van der Waals surface area contributed by atoms with Crippen LogP contribution < -0.4 is 0 Å². The highest BCUT2D eigenvalue weighted by Crippen LogP contribution is 2.39. The van der Waals surface area contributed by atoms with Gasteiger partial charge in [0.25, 0.3) is 0 Å². The van der Waals surface area contributed by atoms with Crippen molar-refractivity contribution in [2.45, 2.75) is 12.8 Å². The van der Waals surface area contributed by atoms with Crippen LogP contribution in [-0.2, 0) is 0 Å². The smallest absolute Gasteiger partial charge is 0.164 e. The number of benzene rings is 6. The van der Waals surface area contributed by atoms with Crippen molar-refractivity contribution in [3.8, 4) is 39.9 Å². The number of hydrogen-bond acceptors (Lipinski definition) is 5. The van der Waals surface area contributed by atoms with Crippen LogP contribution >= 0.6 is 11.3 Å². The molecule has 0 fully saturated rings. The second-order valence-corrected chi connectivity index (χ2v) is 14.1. The third-order valence-corrected chi connectivity index (χ3v) is 10.8. The van der Waals surface area contributed by atoms with E-state index in [9.17, 15) is 0 Å². The zero-order valence-electron chi connectivity index (χ0n) is 28.1. The number of hydrogen-bond donors (Lipinski definition) is 0. The van der Waals surface area contributed by atoms with Crippen LogP contribution in [0.25, 0.3) is 83.0 Å². The number of para-hydroxylation sites is 2. The molecule has 0 unspecified atom stereocenters. The van der Waals surface area contributed by atoms with Crippen molar-refractivity contribution in [3.05, 3.63) is 174 Å². The number of allylic oxidation sites excluding steroid dienone is 4. The lowest BCUT2D eigenvalue weighted by atomic mass is 9.94. The van der Waals surface area contributed by atoms with Gasteiger partial charge in [-0.1, -0.05) is 109 Å². The minimum Gasteiger partial charge on any atom is -0.309 e. The van der Waals surface area contributed by atoms with Gasteiger partial charge < -0.3 is 4.57 Å². The van der Waals surface area contributed by atoms with Gasteiger partial charge in [-0.2, -0.15) is 0 Å². The van der Waals surface area contributed by atoms with Crippen molar-refractivity contribution in [2.75, 3.05) is 0 Å². The average molecular weight is 686 g/mol. The van der Waals surface area contributed by atoms with Crippen molar-refractivity contribution in [1.82, 2.24) is 24.5 Å². The Labute approximate surface area is 305 Å². The van der Waals surface area contributed by atoms with Crippen LogP contribution in [0.15, 0.2) is 164 Å². The molecule has 6 heteroatoms. The third kappa shape index (κ3) is 5.41. The van der Waals surface area contributed by atoms with Gasteiger partial charge in [0.1, 0.15) is 5.01 Å². The van der Waals surface area contributed by atoms with Gasteiger partial charge in [0.05, 0.1) is 21.3 Å². The van der Waals surface area contributed by atoms with Crippen LogP contribution in [0.2, 0.25) is 0 Å². The number of fused-ring (bicyclic) bond motifs is 4. The van der Waals surface area contributed by atoms with Gasteiger partial charge in [0.2, 0.25) is 0 Å². The van der Waals surface area contributed by atoms with Crippen LogP contribution in [-0.4, -0.2) is 24.5 Å². The number of nitrogens with zero attached hydrogens (tertiary/aromatic N) is 5. The Balaban J connectivity index is 1.01. The minimum absolute atomic E-state index is 0.649. The molecule has 0 amide bonds. The average Bonchev–Trinajstić information content (AvgIpc) is 3.81. The predicted octanol–water partition coefficient (Wildman–Crippen LogP) is 11.8. The van der Waals surface area contributed by atoms with Crippen molar-refractivity contribution < 1.29 is 0 Å². The van der Waals surface area contributed by atoms with Gasteiger partial charge in [-0.05, 0) is 84.2 Å². The van der Waals surface area contributed by atoms with E-state index in [4.69, 9.17) is 19.9 Å². The first-order chi connectivity index (χ1) is 25.7. The second kappa shape index (κ2) is 12.7. The molecule has 10 rings (SSSR count). The van der Waals surface area contributed by atoms with Crippen LogP contribution in [0.1, 0.15) is 23.4 Å². The van der Waals surface area contributed by atoms with Crippen LogP contribution in [0.5, 0.6) is 0 Å². The molecule has 0 saturated carbocycles. The van der Waals surface area contributed by atoms with E-state index in [0.717, 1.165) is 44.8 Å². The van der Waals surface area contributed by atoms with E-state index < -0.39 is 0 Å². The molecule has 52 heavy (non-hydrogen) atoms. The summed E-state index contributed by atoms with van der Waals surface area (Å²) in [5.41, 5.74) is 11.2. The van der Waals surface area contributed by atoms with Crippen molar-refractivity contribution in [3.63, 3.8) is 0 Å². The Morgan fingerprint density at radius 2 is 1.12 bits per heavy atom. The van der Waals surface area contributed by atoms with E-state index >= 15 is 0 Å². The highest BCUT2D eigenvalue weighted by molar-refractivity contribution is 7.19. The van der Waals surface area contributed by atoms with Gasteiger partial charge in [-0.15, -0.1) is 11.3 Å². The Bertz CT molecular complexity index is 2770. The summed E-state index contributed by atoms with van der Waals surface area (Å²) in [5, 5.41) is 3.58. The zero-order valence-corrected chi connectivity index (χ0v) is 29.0. The molecule has 0 N–H and O–H groups in total. The lowest BCUT2D eigenvalue weighted by molar-refractivity contribution is 1.05. The molecule has 3 heterocycles. The van der Waals surface area contributed by atoms with Gasteiger partial charge >= 0.3 is 0 Å². The van der Waals surface area contributed by atoms with Crippen molar-refractivity contribution in [1.29, 1.82) is 0 Å². The summed E-state index contributed by atoms with van der Waals surface area (Å²) >= 11 is 1.74. The molecule has 0 spiro atoms. The fourth-order valence-corrected chi connectivity index (χ4v) is 8.27. The van der Waals surface area contributed by atoms with Gasteiger partial charge in [-0.25, -0.2) is 19.9 Å². The fourth-order valence-electron chi connectivity index (χ4n) is 7.22. The first-order valence-electron chi connectivity index (χ1n) is 17.5. The summed E-state index contributed by atoms with van der Waals surface area (Å²) in [7, 11) is 0. The Hall–Kier alpha value is -6.50. The van der Waals surface area contributed by atoms with Crippen LogP contribution in [0, 0.1) is 0 Å². The van der Waals surface area contributed by atoms with Crippen molar-refractivity contribution in [2.24, 2.45) is 0 Å². The molecular formula is C46H31N5S. The molecular weight excluding hydrogens is 655 g/mol. The van der Waals surface area contributed by atoms with E-state index in [-0.39, 0.29) is 0 Å². The number of rotatable bonds is 6. The summed E-state index contributed by atoms with van der Waals surface area (Å²) in [6.45, 7) is 0. The molecule has 0 saturated heterocycles. The second-order valence-electron chi connectivity index (χ2n) is 13.0. The van der Waals surface area contributed by atoms with Crippen molar-refractivity contribution >= 4 is 54.5 Å². The molecule has 9 aromatic rings. The maximum Gasteiger partial charge on any atom is 0.164 e. The third-order valence-electron chi connectivity index (χ3n) is 9.75. The van der Waals surface area contributed by atoms with Gasteiger partial charge in [0, 0.05) is 33.2 Å². The maximum atomic E-state index is 5.12. The summed E-state index contributed by atoms with van der Waals surface area (Å²) < 4.78 is 3.48. The molecule has 1 aliphatic rings. The molecule has 0 bridgehead atoms. The fraction of sp³-hybridized carbons (Fsp3) is 0.0435. The Morgan fingerprint density at radius 1 is 0.500 bits per heavy atom. The number of thiazole rings is 1. The lowest BCUT2D eigenvalue weighted by Gasteiger charge is -2.13. The topological polar surface area (TPSA) is 56.5 Å². The molecule has 3 aromatic heterocycles. The monoisotopic (exact) mass is 685 g/mol. The summed E-state index contributed by atoms with van der Waals surface area (Å²) in [4.78, 5) is 19.9. The predicted molar refractivity (Wildman–Crippen MR) is 215 cm³/mol. The highest BCUT2D eigenvalue weighted by Gasteiger charge is 2.18. The molecule has 6 aromatic carbocycles. The minimum atomic E-state index is 0.649.